The summed E-state index contributed by atoms with van der Waals surface area (Å²) in [4.78, 5) is 10.9. The van der Waals surface area contributed by atoms with E-state index in [4.69, 9.17) is 5.26 Å². The standard InChI is InChI=1S/C11H17NO/c1-9(13)7-11(8-12)10-5-3-2-4-6-10/h10-11H,2-7H2,1H3. The summed E-state index contributed by atoms with van der Waals surface area (Å²) in [6, 6.07) is 2.28. The van der Waals surface area contributed by atoms with Crippen LogP contribution in [0.1, 0.15) is 45.4 Å². The second kappa shape index (κ2) is 5.01. The second-order valence-corrected chi connectivity index (χ2v) is 4.04. The Morgan fingerprint density at radius 1 is 1.46 bits per heavy atom. The monoisotopic (exact) mass is 179 g/mol. The normalized spacial score (nSPS) is 20.6. The van der Waals surface area contributed by atoms with Gasteiger partial charge >= 0.3 is 0 Å². The molecule has 0 radical (unpaired) electrons. The van der Waals surface area contributed by atoms with E-state index in [-0.39, 0.29) is 11.7 Å². The molecular weight excluding hydrogens is 162 g/mol. The van der Waals surface area contributed by atoms with Gasteiger partial charge in [0.1, 0.15) is 5.78 Å². The molecule has 13 heavy (non-hydrogen) atoms. The smallest absolute Gasteiger partial charge is 0.131 e. The molecule has 1 aliphatic carbocycles. The maximum absolute atomic E-state index is 10.9. The lowest BCUT2D eigenvalue weighted by Gasteiger charge is -2.24. The Balaban J connectivity index is 2.45. The van der Waals surface area contributed by atoms with E-state index in [9.17, 15) is 4.79 Å². The fourth-order valence-electron chi connectivity index (χ4n) is 2.16. The van der Waals surface area contributed by atoms with Gasteiger partial charge in [0.15, 0.2) is 0 Å². The van der Waals surface area contributed by atoms with Gasteiger partial charge in [0.25, 0.3) is 0 Å². The van der Waals surface area contributed by atoms with Crippen LogP contribution in [0.4, 0.5) is 0 Å². The van der Waals surface area contributed by atoms with Crippen LogP contribution in [-0.2, 0) is 4.79 Å². The van der Waals surface area contributed by atoms with E-state index < -0.39 is 0 Å². The van der Waals surface area contributed by atoms with Gasteiger partial charge < -0.3 is 0 Å². The number of Topliss-reactive ketones (excluding diaryl/α,β-unsaturated/α-hetero) is 1. The summed E-state index contributed by atoms with van der Waals surface area (Å²) >= 11 is 0. The van der Waals surface area contributed by atoms with Gasteiger partial charge in [-0.05, 0) is 25.7 Å². The van der Waals surface area contributed by atoms with Crippen molar-refractivity contribution in [1.82, 2.24) is 0 Å². The molecule has 0 spiro atoms. The Hall–Kier alpha value is -0.840. The minimum atomic E-state index is -0.0159. The van der Waals surface area contributed by atoms with Crippen molar-refractivity contribution in [2.24, 2.45) is 11.8 Å². The highest BCUT2D eigenvalue weighted by Gasteiger charge is 2.24. The Bertz CT molecular complexity index is 211. The van der Waals surface area contributed by atoms with Gasteiger partial charge in [-0.3, -0.25) is 4.79 Å². The van der Waals surface area contributed by atoms with Gasteiger partial charge in [-0.2, -0.15) is 5.26 Å². The largest absolute Gasteiger partial charge is 0.300 e. The lowest BCUT2D eigenvalue weighted by atomic mass is 9.79. The summed E-state index contributed by atoms with van der Waals surface area (Å²) in [6.07, 6.45) is 6.52. The van der Waals surface area contributed by atoms with Crippen molar-refractivity contribution in [3.8, 4) is 6.07 Å². The zero-order valence-corrected chi connectivity index (χ0v) is 8.25. The number of carbonyl (C=O) groups is 1. The zero-order valence-electron chi connectivity index (χ0n) is 8.25. The van der Waals surface area contributed by atoms with Crippen LogP contribution in [0.15, 0.2) is 0 Å². The van der Waals surface area contributed by atoms with Crippen LogP contribution in [-0.4, -0.2) is 5.78 Å². The molecule has 1 atom stereocenters. The zero-order chi connectivity index (χ0) is 9.68. The molecule has 72 valence electrons. The fraction of sp³-hybridized carbons (Fsp3) is 0.818. The molecule has 2 nitrogen and oxygen atoms in total. The first-order valence-corrected chi connectivity index (χ1v) is 5.13. The number of carbonyl (C=O) groups excluding carboxylic acids is 1. The summed E-state index contributed by atoms with van der Waals surface area (Å²) in [5, 5.41) is 8.92. The summed E-state index contributed by atoms with van der Waals surface area (Å²) in [6.45, 7) is 1.58. The maximum Gasteiger partial charge on any atom is 0.131 e. The van der Waals surface area contributed by atoms with E-state index in [2.05, 4.69) is 6.07 Å². The molecule has 0 saturated heterocycles. The molecule has 1 unspecified atom stereocenters. The van der Waals surface area contributed by atoms with Crippen LogP contribution in [0.25, 0.3) is 0 Å². The van der Waals surface area contributed by atoms with Gasteiger partial charge in [0, 0.05) is 6.42 Å². The number of hydrogen-bond acceptors (Lipinski definition) is 2. The summed E-state index contributed by atoms with van der Waals surface area (Å²) in [5.41, 5.74) is 0. The first kappa shape index (κ1) is 10.2. The SMILES string of the molecule is CC(=O)CC(C#N)C1CCCCC1. The third-order valence-electron chi connectivity index (χ3n) is 2.89. The van der Waals surface area contributed by atoms with Crippen LogP contribution < -0.4 is 0 Å². The number of hydrogen-bond donors (Lipinski definition) is 0. The summed E-state index contributed by atoms with van der Waals surface area (Å²) < 4.78 is 0. The van der Waals surface area contributed by atoms with Crippen LogP contribution in [0.5, 0.6) is 0 Å². The van der Waals surface area contributed by atoms with E-state index in [1.165, 1.54) is 19.3 Å². The molecule has 0 aromatic carbocycles. The molecule has 0 aromatic rings. The van der Waals surface area contributed by atoms with Crippen LogP contribution in [0, 0.1) is 23.2 Å². The van der Waals surface area contributed by atoms with Crippen molar-refractivity contribution in [2.75, 3.05) is 0 Å². The van der Waals surface area contributed by atoms with Crippen LogP contribution in [0.3, 0.4) is 0 Å². The van der Waals surface area contributed by atoms with Gasteiger partial charge in [-0.25, -0.2) is 0 Å². The highest BCUT2D eigenvalue weighted by atomic mass is 16.1. The summed E-state index contributed by atoms with van der Waals surface area (Å²) in [7, 11) is 0. The number of ketones is 1. The van der Waals surface area contributed by atoms with Gasteiger partial charge in [-0.15, -0.1) is 0 Å². The second-order valence-electron chi connectivity index (χ2n) is 4.04. The predicted molar refractivity (Wildman–Crippen MR) is 51.0 cm³/mol. The first-order valence-electron chi connectivity index (χ1n) is 5.13. The third-order valence-corrected chi connectivity index (χ3v) is 2.89. The molecule has 0 amide bonds. The fourth-order valence-corrected chi connectivity index (χ4v) is 2.16. The van der Waals surface area contributed by atoms with Crippen molar-refractivity contribution in [2.45, 2.75) is 45.4 Å². The van der Waals surface area contributed by atoms with Crippen LogP contribution >= 0.6 is 0 Å². The molecule has 0 heterocycles. The third kappa shape index (κ3) is 3.18. The molecule has 1 aliphatic rings. The van der Waals surface area contributed by atoms with Gasteiger partial charge in [0.05, 0.1) is 12.0 Å². The highest BCUT2D eigenvalue weighted by Crippen LogP contribution is 2.31. The van der Waals surface area contributed by atoms with E-state index in [0.29, 0.717) is 12.3 Å². The molecule has 1 saturated carbocycles. The molecule has 1 rings (SSSR count). The van der Waals surface area contributed by atoms with E-state index in [0.717, 1.165) is 12.8 Å². The van der Waals surface area contributed by atoms with Crippen molar-refractivity contribution in [3.05, 3.63) is 0 Å². The molecule has 1 fully saturated rings. The van der Waals surface area contributed by atoms with E-state index in [1.807, 2.05) is 0 Å². The molecule has 0 N–H and O–H groups in total. The Morgan fingerprint density at radius 2 is 2.08 bits per heavy atom. The lowest BCUT2D eigenvalue weighted by molar-refractivity contribution is -0.117. The lowest BCUT2D eigenvalue weighted by Crippen LogP contribution is -2.18. The number of nitriles is 1. The average Bonchev–Trinajstić information content (AvgIpc) is 2.15. The minimum Gasteiger partial charge on any atom is -0.300 e. The van der Waals surface area contributed by atoms with Crippen LogP contribution in [0.2, 0.25) is 0 Å². The molecule has 0 aliphatic heterocycles. The molecule has 0 aromatic heterocycles. The molecule has 0 bridgehead atoms. The average molecular weight is 179 g/mol. The predicted octanol–water partition coefficient (Wildman–Crippen LogP) is 2.69. The van der Waals surface area contributed by atoms with Crippen molar-refractivity contribution in [1.29, 1.82) is 5.26 Å². The first-order chi connectivity index (χ1) is 6.24. The van der Waals surface area contributed by atoms with E-state index >= 15 is 0 Å². The van der Waals surface area contributed by atoms with E-state index in [1.54, 1.807) is 6.92 Å². The van der Waals surface area contributed by atoms with Crippen molar-refractivity contribution >= 4 is 5.78 Å². The Kier molecular flexibility index (Phi) is 3.95. The molecular formula is C11H17NO. The van der Waals surface area contributed by atoms with Crippen molar-refractivity contribution < 1.29 is 4.79 Å². The maximum atomic E-state index is 10.9. The Labute approximate surface area is 79.9 Å². The van der Waals surface area contributed by atoms with Gasteiger partial charge in [0.2, 0.25) is 0 Å². The van der Waals surface area contributed by atoms with Crippen molar-refractivity contribution in [3.63, 3.8) is 0 Å². The number of rotatable bonds is 3. The number of nitrogens with zero attached hydrogens (tertiary/aromatic N) is 1. The minimum absolute atomic E-state index is 0.0159. The summed E-state index contributed by atoms with van der Waals surface area (Å²) in [5.74, 6) is 0.623. The highest BCUT2D eigenvalue weighted by molar-refractivity contribution is 5.76. The van der Waals surface area contributed by atoms with Gasteiger partial charge in [-0.1, -0.05) is 19.3 Å². The molecule has 2 heteroatoms. The topological polar surface area (TPSA) is 40.9 Å². The Morgan fingerprint density at radius 3 is 2.54 bits per heavy atom. The quantitative estimate of drug-likeness (QED) is 0.668.